The van der Waals surface area contributed by atoms with E-state index in [4.69, 9.17) is 4.74 Å². The molecule has 0 amide bonds. The number of para-hydroxylation sites is 1. The lowest BCUT2D eigenvalue weighted by Gasteiger charge is -2.19. The highest BCUT2D eigenvalue weighted by atomic mass is 32.1. The van der Waals surface area contributed by atoms with E-state index in [1.807, 2.05) is 12.1 Å². The fourth-order valence-electron chi connectivity index (χ4n) is 3.53. The maximum Gasteiger partial charge on any atom is 0.140 e. The highest BCUT2D eigenvalue weighted by molar-refractivity contribution is 7.18. The van der Waals surface area contributed by atoms with Gasteiger partial charge < -0.3 is 9.64 Å². The molecule has 3 heterocycles. The van der Waals surface area contributed by atoms with Crippen molar-refractivity contribution < 1.29 is 4.74 Å². The smallest absolute Gasteiger partial charge is 0.140 e. The van der Waals surface area contributed by atoms with Gasteiger partial charge in [-0.2, -0.15) is 0 Å². The van der Waals surface area contributed by atoms with E-state index in [0.29, 0.717) is 5.92 Å². The zero-order chi connectivity index (χ0) is 16.5. The maximum absolute atomic E-state index is 5.54. The first-order valence-corrected chi connectivity index (χ1v) is 9.23. The molecule has 1 aromatic carbocycles. The number of hydrogen-bond donors (Lipinski definition) is 0. The Labute approximate surface area is 146 Å². The van der Waals surface area contributed by atoms with Crippen molar-refractivity contribution in [1.29, 1.82) is 0 Å². The van der Waals surface area contributed by atoms with Crippen LogP contribution in [0.25, 0.3) is 10.2 Å². The van der Waals surface area contributed by atoms with Crippen LogP contribution in [0.3, 0.4) is 0 Å². The van der Waals surface area contributed by atoms with Gasteiger partial charge in [0, 0.05) is 23.9 Å². The van der Waals surface area contributed by atoms with Crippen molar-refractivity contribution in [2.75, 3.05) is 25.1 Å². The van der Waals surface area contributed by atoms with E-state index in [9.17, 15) is 0 Å². The molecule has 0 N–H and O–H groups in total. The molecule has 1 aliphatic rings. The topological polar surface area (TPSA) is 38.2 Å². The van der Waals surface area contributed by atoms with Crippen LogP contribution in [0.1, 0.15) is 29.7 Å². The minimum absolute atomic E-state index is 0.482. The summed E-state index contributed by atoms with van der Waals surface area (Å²) in [5.41, 5.74) is 1.30. The molecule has 1 saturated heterocycles. The molecule has 0 bridgehead atoms. The number of fused-ring (bicyclic) bond motifs is 1. The van der Waals surface area contributed by atoms with E-state index < -0.39 is 0 Å². The molecule has 4 rings (SSSR count). The second-order valence-corrected chi connectivity index (χ2v) is 7.27. The summed E-state index contributed by atoms with van der Waals surface area (Å²) in [5.74, 6) is 2.55. The lowest BCUT2D eigenvalue weighted by Crippen LogP contribution is -2.20. The van der Waals surface area contributed by atoms with Crippen LogP contribution in [0.5, 0.6) is 5.75 Å². The molecule has 0 aliphatic carbocycles. The predicted molar refractivity (Wildman–Crippen MR) is 99.4 cm³/mol. The molecule has 124 valence electrons. The molecule has 2 aromatic heterocycles. The largest absolute Gasteiger partial charge is 0.496 e. The Kier molecular flexibility index (Phi) is 4.10. The SMILES string of the molecule is CCc1cc2c(N3CCC(c4ccccc4OC)C3)ncnc2s1. The lowest BCUT2D eigenvalue weighted by molar-refractivity contribution is 0.406. The Bertz CT molecular complexity index is 861. The predicted octanol–water partition coefficient (Wildman–Crippen LogP) is 4.26. The van der Waals surface area contributed by atoms with Crippen LogP contribution in [0.4, 0.5) is 5.82 Å². The third kappa shape index (κ3) is 2.63. The molecule has 24 heavy (non-hydrogen) atoms. The van der Waals surface area contributed by atoms with Crippen molar-refractivity contribution in [2.45, 2.75) is 25.7 Å². The first kappa shape index (κ1) is 15.4. The van der Waals surface area contributed by atoms with Crippen molar-refractivity contribution in [3.63, 3.8) is 0 Å². The molecule has 1 atom stereocenters. The third-order valence-electron chi connectivity index (χ3n) is 4.77. The van der Waals surface area contributed by atoms with Crippen LogP contribution in [-0.2, 0) is 6.42 Å². The van der Waals surface area contributed by atoms with Gasteiger partial charge in [-0.25, -0.2) is 9.97 Å². The van der Waals surface area contributed by atoms with Crippen molar-refractivity contribution in [3.8, 4) is 5.75 Å². The van der Waals surface area contributed by atoms with Crippen LogP contribution >= 0.6 is 11.3 Å². The van der Waals surface area contributed by atoms with Crippen molar-refractivity contribution >= 4 is 27.4 Å². The van der Waals surface area contributed by atoms with E-state index in [1.165, 1.54) is 15.8 Å². The zero-order valence-electron chi connectivity index (χ0n) is 14.0. The fraction of sp³-hybridized carbons (Fsp3) is 0.368. The molecule has 5 heteroatoms. The molecule has 1 unspecified atom stereocenters. The number of methoxy groups -OCH3 is 1. The summed E-state index contributed by atoms with van der Waals surface area (Å²) in [6.45, 7) is 4.18. The van der Waals surface area contributed by atoms with Gasteiger partial charge in [0.15, 0.2) is 0 Å². The highest BCUT2D eigenvalue weighted by Crippen LogP contribution is 2.37. The van der Waals surface area contributed by atoms with Gasteiger partial charge in [0.25, 0.3) is 0 Å². The number of aryl methyl sites for hydroxylation is 1. The van der Waals surface area contributed by atoms with Crippen molar-refractivity contribution in [1.82, 2.24) is 9.97 Å². The Balaban J connectivity index is 1.64. The standard InChI is InChI=1S/C19H21N3OS/c1-3-14-10-16-18(20-12-21-19(16)24-14)22-9-8-13(11-22)15-6-4-5-7-17(15)23-2/h4-7,10,12-13H,3,8-9,11H2,1-2H3. The monoisotopic (exact) mass is 339 g/mol. The molecular formula is C19H21N3OS. The maximum atomic E-state index is 5.54. The minimum Gasteiger partial charge on any atom is -0.496 e. The second-order valence-electron chi connectivity index (χ2n) is 6.16. The average molecular weight is 339 g/mol. The second kappa shape index (κ2) is 6.40. The molecule has 1 fully saturated rings. The summed E-state index contributed by atoms with van der Waals surface area (Å²) in [6.07, 6.45) is 3.87. The number of benzene rings is 1. The Morgan fingerprint density at radius 1 is 1.29 bits per heavy atom. The summed E-state index contributed by atoms with van der Waals surface area (Å²) in [5, 5.41) is 1.19. The van der Waals surface area contributed by atoms with Gasteiger partial charge in [-0.05, 0) is 30.5 Å². The van der Waals surface area contributed by atoms with Crippen molar-refractivity contribution in [3.05, 3.63) is 47.1 Å². The molecule has 0 radical (unpaired) electrons. The van der Waals surface area contributed by atoms with Gasteiger partial charge >= 0.3 is 0 Å². The minimum atomic E-state index is 0.482. The number of nitrogens with zero attached hydrogens (tertiary/aromatic N) is 3. The van der Waals surface area contributed by atoms with E-state index in [-0.39, 0.29) is 0 Å². The number of aromatic nitrogens is 2. The summed E-state index contributed by atoms with van der Waals surface area (Å²) in [4.78, 5) is 13.9. The van der Waals surface area contributed by atoms with Gasteiger partial charge in [-0.15, -0.1) is 11.3 Å². The molecular weight excluding hydrogens is 318 g/mol. The van der Waals surface area contributed by atoms with E-state index >= 15 is 0 Å². The molecule has 4 nitrogen and oxygen atoms in total. The first-order valence-electron chi connectivity index (χ1n) is 8.41. The van der Waals surface area contributed by atoms with Gasteiger partial charge in [-0.1, -0.05) is 25.1 Å². The number of ether oxygens (including phenoxy) is 1. The quantitative estimate of drug-likeness (QED) is 0.712. The van der Waals surface area contributed by atoms with Crippen LogP contribution in [0, 0.1) is 0 Å². The Morgan fingerprint density at radius 2 is 2.17 bits per heavy atom. The van der Waals surface area contributed by atoms with Gasteiger partial charge in [0.05, 0.1) is 12.5 Å². The molecule has 1 aliphatic heterocycles. The fourth-order valence-corrected chi connectivity index (χ4v) is 4.46. The van der Waals surface area contributed by atoms with Crippen molar-refractivity contribution in [2.24, 2.45) is 0 Å². The van der Waals surface area contributed by atoms with Crippen LogP contribution in [-0.4, -0.2) is 30.2 Å². The molecule has 0 saturated carbocycles. The zero-order valence-corrected chi connectivity index (χ0v) is 14.8. The number of rotatable bonds is 4. The summed E-state index contributed by atoms with van der Waals surface area (Å²) < 4.78 is 5.54. The summed E-state index contributed by atoms with van der Waals surface area (Å²) in [6, 6.07) is 10.6. The summed E-state index contributed by atoms with van der Waals surface area (Å²) >= 11 is 1.78. The number of hydrogen-bond acceptors (Lipinski definition) is 5. The molecule has 0 spiro atoms. The summed E-state index contributed by atoms with van der Waals surface area (Å²) in [7, 11) is 1.75. The average Bonchev–Trinajstić information content (AvgIpc) is 3.28. The third-order valence-corrected chi connectivity index (χ3v) is 5.96. The van der Waals surface area contributed by atoms with Crippen LogP contribution in [0.15, 0.2) is 36.7 Å². The van der Waals surface area contributed by atoms with Gasteiger partial charge in [-0.3, -0.25) is 0 Å². The van der Waals surface area contributed by atoms with E-state index in [1.54, 1.807) is 24.8 Å². The molecule has 3 aromatic rings. The van der Waals surface area contributed by atoms with Crippen LogP contribution < -0.4 is 9.64 Å². The van der Waals surface area contributed by atoms with Gasteiger partial charge in [0.1, 0.15) is 22.7 Å². The number of thiophene rings is 1. The van der Waals surface area contributed by atoms with Crippen LogP contribution in [0.2, 0.25) is 0 Å². The first-order chi connectivity index (χ1) is 11.8. The number of anilines is 1. The Morgan fingerprint density at radius 3 is 3.00 bits per heavy atom. The lowest BCUT2D eigenvalue weighted by atomic mass is 9.97. The van der Waals surface area contributed by atoms with Gasteiger partial charge in [0.2, 0.25) is 0 Å². The van der Waals surface area contributed by atoms with E-state index in [0.717, 1.165) is 42.3 Å². The van der Waals surface area contributed by atoms with E-state index in [2.05, 4.69) is 40.0 Å². The normalized spacial score (nSPS) is 17.6. The highest BCUT2D eigenvalue weighted by Gasteiger charge is 2.28. The Hall–Kier alpha value is -2.14.